The largest absolute Gasteiger partial charge is 0.497 e. The van der Waals surface area contributed by atoms with Crippen molar-refractivity contribution in [2.75, 3.05) is 23.9 Å². The van der Waals surface area contributed by atoms with Gasteiger partial charge in [-0.3, -0.25) is 4.79 Å². The zero-order valence-electron chi connectivity index (χ0n) is 14.8. The zero-order chi connectivity index (χ0) is 18.4. The molecule has 3 aromatic rings. The van der Waals surface area contributed by atoms with E-state index in [9.17, 15) is 4.79 Å². The molecule has 0 saturated heterocycles. The average molecular weight is 347 g/mol. The van der Waals surface area contributed by atoms with Gasteiger partial charge in [0, 0.05) is 17.8 Å². The molecule has 0 fully saturated rings. The number of para-hydroxylation sites is 1. The van der Waals surface area contributed by atoms with Crippen molar-refractivity contribution < 1.29 is 9.53 Å². The number of nitrogens with one attached hydrogen (secondary N) is 1. The summed E-state index contributed by atoms with van der Waals surface area (Å²) in [6.45, 7) is 2.87. The van der Waals surface area contributed by atoms with Crippen molar-refractivity contribution in [3.8, 4) is 5.75 Å². The Labute approximate surface area is 153 Å². The molecule has 132 valence electrons. The highest BCUT2D eigenvalue weighted by Gasteiger charge is 2.10. The Hall–Kier alpha value is -3.34. The lowest BCUT2D eigenvalue weighted by Crippen LogP contribution is -2.17. The molecule has 0 radical (unpaired) electrons. The molecule has 0 aliphatic carbocycles. The van der Waals surface area contributed by atoms with Crippen LogP contribution in [0.5, 0.6) is 5.75 Å². The van der Waals surface area contributed by atoms with Gasteiger partial charge in [-0.25, -0.2) is 4.98 Å². The number of carbonyl (C=O) groups is 1. The average Bonchev–Trinajstić information content (AvgIpc) is 2.70. The van der Waals surface area contributed by atoms with Gasteiger partial charge in [0.2, 0.25) is 0 Å². The van der Waals surface area contributed by atoms with Gasteiger partial charge in [-0.05, 0) is 49.4 Å². The Balaban J connectivity index is 1.74. The Morgan fingerprint density at radius 2 is 1.88 bits per heavy atom. The molecule has 1 heterocycles. The highest BCUT2D eigenvalue weighted by Crippen LogP contribution is 2.24. The summed E-state index contributed by atoms with van der Waals surface area (Å²) in [5, 5.41) is 2.86. The van der Waals surface area contributed by atoms with Crippen molar-refractivity contribution in [2.24, 2.45) is 0 Å². The molecule has 0 atom stereocenters. The molecule has 3 rings (SSSR count). The summed E-state index contributed by atoms with van der Waals surface area (Å²) in [5.41, 5.74) is 2.26. The fourth-order valence-electron chi connectivity index (χ4n) is 2.67. The molecule has 2 aromatic carbocycles. The summed E-state index contributed by atoms with van der Waals surface area (Å²) in [6, 6.07) is 20.9. The van der Waals surface area contributed by atoms with Gasteiger partial charge in [0.25, 0.3) is 5.91 Å². The second kappa shape index (κ2) is 8.16. The van der Waals surface area contributed by atoms with E-state index in [1.54, 1.807) is 37.6 Å². The molecule has 0 saturated carbocycles. The maximum Gasteiger partial charge on any atom is 0.255 e. The van der Waals surface area contributed by atoms with E-state index in [-0.39, 0.29) is 5.91 Å². The van der Waals surface area contributed by atoms with E-state index < -0.39 is 0 Å². The number of hydrogen-bond donors (Lipinski definition) is 1. The standard InChI is InChI=1S/C21H21N3O2/c1-3-24(18-9-5-4-6-10-18)20-13-12-17(15-22-20)23-21(25)16-8-7-11-19(14-16)26-2/h4-15H,3H2,1-2H3,(H,23,25). The second-order valence-electron chi connectivity index (χ2n) is 5.67. The maximum atomic E-state index is 12.4. The van der Waals surface area contributed by atoms with Crippen LogP contribution in [0.2, 0.25) is 0 Å². The van der Waals surface area contributed by atoms with Crippen LogP contribution in [0.4, 0.5) is 17.2 Å². The van der Waals surface area contributed by atoms with Crippen LogP contribution in [-0.2, 0) is 0 Å². The molecule has 0 bridgehead atoms. The van der Waals surface area contributed by atoms with Crippen molar-refractivity contribution in [3.05, 3.63) is 78.5 Å². The first-order chi connectivity index (χ1) is 12.7. The van der Waals surface area contributed by atoms with E-state index in [0.717, 1.165) is 18.1 Å². The molecule has 5 heteroatoms. The zero-order valence-corrected chi connectivity index (χ0v) is 14.8. The van der Waals surface area contributed by atoms with E-state index in [2.05, 4.69) is 22.1 Å². The first-order valence-electron chi connectivity index (χ1n) is 8.45. The van der Waals surface area contributed by atoms with Crippen LogP contribution in [0.25, 0.3) is 0 Å². The number of carbonyl (C=O) groups excluding carboxylic acids is 1. The summed E-state index contributed by atoms with van der Waals surface area (Å²) in [6.07, 6.45) is 1.67. The van der Waals surface area contributed by atoms with Crippen LogP contribution in [-0.4, -0.2) is 24.5 Å². The number of benzene rings is 2. The Morgan fingerprint density at radius 1 is 1.08 bits per heavy atom. The highest BCUT2D eigenvalue weighted by atomic mass is 16.5. The van der Waals surface area contributed by atoms with Gasteiger partial charge in [-0.2, -0.15) is 0 Å². The predicted octanol–water partition coefficient (Wildman–Crippen LogP) is 4.50. The predicted molar refractivity (Wildman–Crippen MR) is 104 cm³/mol. The van der Waals surface area contributed by atoms with Gasteiger partial charge in [-0.1, -0.05) is 24.3 Å². The molecule has 0 aliphatic heterocycles. The number of methoxy groups -OCH3 is 1. The summed E-state index contributed by atoms with van der Waals surface area (Å²) in [5.74, 6) is 1.28. The van der Waals surface area contributed by atoms with Crippen molar-refractivity contribution in [1.29, 1.82) is 0 Å². The van der Waals surface area contributed by atoms with E-state index in [4.69, 9.17) is 4.74 Å². The lowest BCUT2D eigenvalue weighted by Gasteiger charge is -2.22. The Morgan fingerprint density at radius 3 is 2.54 bits per heavy atom. The highest BCUT2D eigenvalue weighted by molar-refractivity contribution is 6.04. The van der Waals surface area contributed by atoms with E-state index in [1.807, 2.05) is 42.5 Å². The third kappa shape index (κ3) is 4.00. The third-order valence-electron chi connectivity index (χ3n) is 4.00. The fraction of sp³-hybridized carbons (Fsp3) is 0.143. The summed E-state index contributed by atoms with van der Waals surface area (Å²) in [4.78, 5) is 19.0. The third-order valence-corrected chi connectivity index (χ3v) is 4.00. The molecule has 0 aliphatic rings. The van der Waals surface area contributed by atoms with Gasteiger partial charge >= 0.3 is 0 Å². The van der Waals surface area contributed by atoms with Gasteiger partial charge < -0.3 is 15.0 Å². The van der Waals surface area contributed by atoms with Crippen molar-refractivity contribution in [1.82, 2.24) is 4.98 Å². The minimum atomic E-state index is -0.200. The number of anilines is 3. The van der Waals surface area contributed by atoms with Crippen molar-refractivity contribution in [2.45, 2.75) is 6.92 Å². The van der Waals surface area contributed by atoms with E-state index in [1.165, 1.54) is 0 Å². The molecule has 5 nitrogen and oxygen atoms in total. The van der Waals surface area contributed by atoms with Crippen LogP contribution in [0.3, 0.4) is 0 Å². The van der Waals surface area contributed by atoms with Crippen LogP contribution < -0.4 is 15.0 Å². The van der Waals surface area contributed by atoms with Crippen LogP contribution in [0.1, 0.15) is 17.3 Å². The number of rotatable bonds is 6. The Kier molecular flexibility index (Phi) is 5.49. The molecule has 26 heavy (non-hydrogen) atoms. The number of pyridine rings is 1. The quantitative estimate of drug-likeness (QED) is 0.713. The Bertz CT molecular complexity index is 864. The van der Waals surface area contributed by atoms with Gasteiger partial charge in [0.15, 0.2) is 0 Å². The van der Waals surface area contributed by atoms with Crippen molar-refractivity contribution >= 4 is 23.1 Å². The maximum absolute atomic E-state index is 12.4. The minimum Gasteiger partial charge on any atom is -0.497 e. The smallest absolute Gasteiger partial charge is 0.255 e. The van der Waals surface area contributed by atoms with Crippen LogP contribution in [0, 0.1) is 0 Å². The lowest BCUT2D eigenvalue weighted by atomic mass is 10.2. The minimum absolute atomic E-state index is 0.200. The molecular formula is C21H21N3O2. The number of amides is 1. The number of nitrogens with zero attached hydrogens (tertiary/aromatic N) is 2. The number of aromatic nitrogens is 1. The first kappa shape index (κ1) is 17.5. The van der Waals surface area contributed by atoms with Crippen LogP contribution in [0.15, 0.2) is 72.9 Å². The molecule has 1 amide bonds. The van der Waals surface area contributed by atoms with Gasteiger partial charge in [0.05, 0.1) is 19.0 Å². The number of hydrogen-bond acceptors (Lipinski definition) is 4. The van der Waals surface area contributed by atoms with Gasteiger partial charge in [0.1, 0.15) is 11.6 Å². The summed E-state index contributed by atoms with van der Waals surface area (Å²) < 4.78 is 5.15. The van der Waals surface area contributed by atoms with Gasteiger partial charge in [-0.15, -0.1) is 0 Å². The van der Waals surface area contributed by atoms with E-state index >= 15 is 0 Å². The topological polar surface area (TPSA) is 54.5 Å². The van der Waals surface area contributed by atoms with Crippen molar-refractivity contribution in [3.63, 3.8) is 0 Å². The first-order valence-corrected chi connectivity index (χ1v) is 8.45. The molecule has 0 unspecified atom stereocenters. The number of ether oxygens (including phenoxy) is 1. The second-order valence-corrected chi connectivity index (χ2v) is 5.67. The molecular weight excluding hydrogens is 326 g/mol. The molecule has 1 N–H and O–H groups in total. The van der Waals surface area contributed by atoms with Crippen LogP contribution >= 0.6 is 0 Å². The monoisotopic (exact) mass is 347 g/mol. The lowest BCUT2D eigenvalue weighted by molar-refractivity contribution is 0.102. The fourth-order valence-corrected chi connectivity index (χ4v) is 2.67. The SMILES string of the molecule is CCN(c1ccccc1)c1ccc(NC(=O)c2cccc(OC)c2)cn1. The molecule has 1 aromatic heterocycles. The normalized spacial score (nSPS) is 10.2. The summed E-state index contributed by atoms with van der Waals surface area (Å²) in [7, 11) is 1.58. The van der Waals surface area contributed by atoms with E-state index in [0.29, 0.717) is 17.0 Å². The summed E-state index contributed by atoms with van der Waals surface area (Å²) >= 11 is 0. The molecule has 0 spiro atoms.